The van der Waals surface area contributed by atoms with E-state index < -0.39 is 48.4 Å². The number of halogens is 4. The standard InChI is InChI=1S/C16H17F4N3O3/c1-4-14(25)23(3)7-13(24)22-12-5-9(2)11(17)6-10(12)15(26)21-8-16(18,19)20/h4-6H,1,7-8H2,2-3H3,(H,21,26)(H,22,24). The summed E-state index contributed by atoms with van der Waals surface area (Å²) in [7, 11) is 1.33. The van der Waals surface area contributed by atoms with E-state index in [4.69, 9.17) is 0 Å². The average molecular weight is 375 g/mol. The minimum atomic E-state index is -4.64. The molecule has 0 fully saturated rings. The quantitative estimate of drug-likeness (QED) is 0.590. The smallest absolute Gasteiger partial charge is 0.343 e. The summed E-state index contributed by atoms with van der Waals surface area (Å²) in [6.07, 6.45) is -3.65. The summed E-state index contributed by atoms with van der Waals surface area (Å²) in [4.78, 5) is 36.3. The first-order valence-corrected chi connectivity index (χ1v) is 7.27. The maximum Gasteiger partial charge on any atom is 0.405 e. The largest absolute Gasteiger partial charge is 0.405 e. The molecule has 6 nitrogen and oxygen atoms in total. The first kappa shape index (κ1) is 21.1. The number of rotatable bonds is 6. The molecule has 0 saturated heterocycles. The van der Waals surface area contributed by atoms with Gasteiger partial charge in [0.25, 0.3) is 5.91 Å². The first-order valence-electron chi connectivity index (χ1n) is 7.27. The number of amides is 3. The zero-order valence-corrected chi connectivity index (χ0v) is 14.0. The van der Waals surface area contributed by atoms with Crippen molar-refractivity contribution in [3.05, 3.63) is 41.7 Å². The summed E-state index contributed by atoms with van der Waals surface area (Å²) in [6.45, 7) is 2.62. The molecule has 1 rings (SSSR count). The molecule has 0 radical (unpaired) electrons. The molecule has 0 spiro atoms. The van der Waals surface area contributed by atoms with Crippen LogP contribution in [0.2, 0.25) is 0 Å². The average Bonchev–Trinajstić information content (AvgIpc) is 2.54. The molecule has 0 atom stereocenters. The van der Waals surface area contributed by atoms with Gasteiger partial charge in [0.2, 0.25) is 11.8 Å². The second kappa shape index (κ2) is 8.45. The van der Waals surface area contributed by atoms with E-state index in [-0.39, 0.29) is 11.3 Å². The lowest BCUT2D eigenvalue weighted by Crippen LogP contribution is -2.36. The molecule has 1 aromatic carbocycles. The third kappa shape index (κ3) is 6.19. The number of likely N-dealkylation sites (N-methyl/N-ethyl adjacent to an activating group) is 1. The number of carbonyl (C=O) groups is 3. The lowest BCUT2D eigenvalue weighted by atomic mass is 10.1. The summed E-state index contributed by atoms with van der Waals surface area (Å²) in [5, 5.41) is 3.90. The molecule has 0 aliphatic heterocycles. The highest BCUT2D eigenvalue weighted by atomic mass is 19.4. The fraction of sp³-hybridized carbons (Fsp3) is 0.312. The Kier molecular flexibility index (Phi) is 6.87. The summed E-state index contributed by atoms with van der Waals surface area (Å²) < 4.78 is 50.4. The number of anilines is 1. The van der Waals surface area contributed by atoms with Gasteiger partial charge in [-0.15, -0.1) is 0 Å². The summed E-state index contributed by atoms with van der Waals surface area (Å²) in [6, 6.07) is 1.85. The van der Waals surface area contributed by atoms with Crippen LogP contribution in [0.4, 0.5) is 23.2 Å². The molecule has 26 heavy (non-hydrogen) atoms. The molecular formula is C16H17F4N3O3. The zero-order valence-electron chi connectivity index (χ0n) is 14.0. The highest BCUT2D eigenvalue weighted by Gasteiger charge is 2.28. The normalized spacial score (nSPS) is 10.8. The van der Waals surface area contributed by atoms with Crippen molar-refractivity contribution < 1.29 is 31.9 Å². The number of aryl methyl sites for hydroxylation is 1. The van der Waals surface area contributed by atoms with Gasteiger partial charge in [-0.1, -0.05) is 6.58 Å². The Bertz CT molecular complexity index is 732. The minimum absolute atomic E-state index is 0.0724. The molecule has 0 unspecified atom stereocenters. The highest BCUT2D eigenvalue weighted by Crippen LogP contribution is 2.21. The van der Waals surface area contributed by atoms with Crippen molar-refractivity contribution in [2.24, 2.45) is 0 Å². The number of alkyl halides is 3. The van der Waals surface area contributed by atoms with Crippen LogP contribution < -0.4 is 10.6 Å². The van der Waals surface area contributed by atoms with Crippen molar-refractivity contribution in [1.29, 1.82) is 0 Å². The van der Waals surface area contributed by atoms with E-state index in [0.717, 1.165) is 23.1 Å². The zero-order chi connectivity index (χ0) is 20.1. The summed E-state index contributed by atoms with van der Waals surface area (Å²) in [5.74, 6) is -3.27. The summed E-state index contributed by atoms with van der Waals surface area (Å²) in [5.41, 5.74) is -0.570. The van der Waals surface area contributed by atoms with Crippen LogP contribution in [0.25, 0.3) is 0 Å². The maximum atomic E-state index is 13.7. The SMILES string of the molecule is C=CC(=O)N(C)CC(=O)Nc1cc(C)c(F)cc1C(=O)NCC(F)(F)F. The number of nitrogens with zero attached hydrogens (tertiary/aromatic N) is 1. The Balaban J connectivity index is 3.01. The van der Waals surface area contributed by atoms with Crippen molar-refractivity contribution in [2.75, 3.05) is 25.5 Å². The van der Waals surface area contributed by atoms with E-state index in [1.165, 1.54) is 14.0 Å². The van der Waals surface area contributed by atoms with Gasteiger partial charge in [0, 0.05) is 7.05 Å². The lowest BCUT2D eigenvalue weighted by molar-refractivity contribution is -0.129. The molecule has 10 heteroatoms. The van der Waals surface area contributed by atoms with Crippen molar-refractivity contribution in [3.63, 3.8) is 0 Å². The number of carbonyl (C=O) groups excluding carboxylic acids is 3. The molecule has 0 aliphatic rings. The van der Waals surface area contributed by atoms with E-state index in [0.29, 0.717) is 0 Å². The van der Waals surface area contributed by atoms with Gasteiger partial charge in [0.1, 0.15) is 12.4 Å². The van der Waals surface area contributed by atoms with Gasteiger partial charge in [-0.25, -0.2) is 4.39 Å². The number of nitrogens with one attached hydrogen (secondary N) is 2. The minimum Gasteiger partial charge on any atom is -0.343 e. The number of hydrogen-bond donors (Lipinski definition) is 2. The van der Waals surface area contributed by atoms with Crippen LogP contribution in [0.15, 0.2) is 24.8 Å². The maximum absolute atomic E-state index is 13.7. The van der Waals surface area contributed by atoms with E-state index in [2.05, 4.69) is 11.9 Å². The number of hydrogen-bond acceptors (Lipinski definition) is 3. The molecule has 142 valence electrons. The summed E-state index contributed by atoms with van der Waals surface area (Å²) >= 11 is 0. The van der Waals surface area contributed by atoms with Crippen LogP contribution in [-0.4, -0.2) is 48.9 Å². The molecule has 2 N–H and O–H groups in total. The molecule has 0 aromatic heterocycles. The highest BCUT2D eigenvalue weighted by molar-refractivity contribution is 6.05. The Morgan fingerprint density at radius 2 is 1.88 bits per heavy atom. The van der Waals surface area contributed by atoms with Gasteiger partial charge in [0.15, 0.2) is 0 Å². The van der Waals surface area contributed by atoms with E-state index in [1.807, 2.05) is 0 Å². The second-order valence-electron chi connectivity index (χ2n) is 5.39. The van der Waals surface area contributed by atoms with Crippen LogP contribution in [0, 0.1) is 12.7 Å². The van der Waals surface area contributed by atoms with Gasteiger partial charge in [0.05, 0.1) is 17.8 Å². The molecule has 1 aromatic rings. The molecule has 3 amide bonds. The fourth-order valence-corrected chi connectivity index (χ4v) is 1.89. The van der Waals surface area contributed by atoms with Gasteiger partial charge >= 0.3 is 6.18 Å². The van der Waals surface area contributed by atoms with E-state index >= 15 is 0 Å². The van der Waals surface area contributed by atoms with Crippen molar-refractivity contribution in [3.8, 4) is 0 Å². The Labute approximate surface area is 146 Å². The molecule has 0 aliphatic carbocycles. The third-order valence-corrected chi connectivity index (χ3v) is 3.20. The number of benzene rings is 1. The van der Waals surface area contributed by atoms with Crippen LogP contribution in [-0.2, 0) is 9.59 Å². The van der Waals surface area contributed by atoms with E-state index in [9.17, 15) is 31.9 Å². The Morgan fingerprint density at radius 1 is 1.27 bits per heavy atom. The van der Waals surface area contributed by atoms with Crippen LogP contribution in [0.3, 0.4) is 0 Å². The predicted octanol–water partition coefficient (Wildman–Crippen LogP) is 2.01. The molecule has 0 heterocycles. The van der Waals surface area contributed by atoms with Gasteiger partial charge in [-0.05, 0) is 30.7 Å². The Morgan fingerprint density at radius 3 is 2.42 bits per heavy atom. The Hall–Kier alpha value is -2.91. The third-order valence-electron chi connectivity index (χ3n) is 3.20. The van der Waals surface area contributed by atoms with E-state index in [1.54, 1.807) is 5.32 Å². The first-order chi connectivity index (χ1) is 11.9. The van der Waals surface area contributed by atoms with Crippen molar-refractivity contribution in [1.82, 2.24) is 10.2 Å². The van der Waals surface area contributed by atoms with Crippen molar-refractivity contribution >= 4 is 23.4 Å². The fourth-order valence-electron chi connectivity index (χ4n) is 1.89. The van der Waals surface area contributed by atoms with Crippen LogP contribution in [0.1, 0.15) is 15.9 Å². The topological polar surface area (TPSA) is 78.5 Å². The monoisotopic (exact) mass is 375 g/mol. The predicted molar refractivity (Wildman–Crippen MR) is 86.0 cm³/mol. The molecular weight excluding hydrogens is 358 g/mol. The lowest BCUT2D eigenvalue weighted by Gasteiger charge is -2.17. The molecule has 0 saturated carbocycles. The van der Waals surface area contributed by atoms with Gasteiger partial charge in [-0.3, -0.25) is 14.4 Å². The second-order valence-corrected chi connectivity index (χ2v) is 5.39. The molecule has 0 bridgehead atoms. The van der Waals surface area contributed by atoms with Gasteiger partial charge in [-0.2, -0.15) is 13.2 Å². The van der Waals surface area contributed by atoms with Crippen molar-refractivity contribution in [2.45, 2.75) is 13.1 Å². The van der Waals surface area contributed by atoms with Gasteiger partial charge < -0.3 is 15.5 Å². The van der Waals surface area contributed by atoms with Crippen LogP contribution in [0.5, 0.6) is 0 Å². The van der Waals surface area contributed by atoms with Crippen LogP contribution >= 0.6 is 0 Å².